The van der Waals surface area contributed by atoms with E-state index in [2.05, 4.69) is 15.5 Å². The predicted molar refractivity (Wildman–Crippen MR) is 127 cm³/mol. The Kier molecular flexibility index (Phi) is 6.47. The molecule has 1 N–H and O–H groups in total. The Bertz CT molecular complexity index is 1270. The van der Waals surface area contributed by atoms with E-state index in [0.717, 1.165) is 22.6 Å². The van der Waals surface area contributed by atoms with Crippen molar-refractivity contribution in [3.8, 4) is 17.1 Å². The fourth-order valence-electron chi connectivity index (χ4n) is 3.31. The highest BCUT2D eigenvalue weighted by molar-refractivity contribution is 7.99. The quantitative estimate of drug-likeness (QED) is 0.315. The summed E-state index contributed by atoms with van der Waals surface area (Å²) in [6, 6.07) is 24.8. The first-order valence-electron chi connectivity index (χ1n) is 10.1. The molecule has 0 spiro atoms. The van der Waals surface area contributed by atoms with Gasteiger partial charge in [-0.1, -0.05) is 72.4 Å². The summed E-state index contributed by atoms with van der Waals surface area (Å²) in [5.41, 5.74) is 4.14. The molecule has 6 nitrogen and oxygen atoms in total. The van der Waals surface area contributed by atoms with Crippen LogP contribution in [-0.4, -0.2) is 32.2 Å². The maximum Gasteiger partial charge on any atom is 0.234 e. The zero-order chi connectivity index (χ0) is 22.5. The molecule has 0 saturated carbocycles. The molecular formula is C25H22N4O2S. The summed E-state index contributed by atoms with van der Waals surface area (Å²) < 4.78 is 1.99. The summed E-state index contributed by atoms with van der Waals surface area (Å²) in [4.78, 5) is 24.2. The average molecular weight is 443 g/mol. The number of amides is 1. The summed E-state index contributed by atoms with van der Waals surface area (Å²) in [5.74, 6) is 0.645. The molecule has 160 valence electrons. The minimum Gasteiger partial charge on any atom is -0.325 e. The topological polar surface area (TPSA) is 76.9 Å². The molecule has 1 heterocycles. The van der Waals surface area contributed by atoms with Gasteiger partial charge in [-0.25, -0.2) is 0 Å². The SMILES string of the molecule is CC(=O)c1cccc(NC(=O)CSc2nnc(-c3ccccc3)n2-c2ccccc2C)c1. The van der Waals surface area contributed by atoms with Gasteiger partial charge < -0.3 is 5.32 Å². The lowest BCUT2D eigenvalue weighted by molar-refractivity contribution is -0.113. The molecule has 3 aromatic carbocycles. The molecule has 0 aliphatic heterocycles. The van der Waals surface area contributed by atoms with Gasteiger partial charge in [-0.3, -0.25) is 14.2 Å². The summed E-state index contributed by atoms with van der Waals surface area (Å²) in [7, 11) is 0. The van der Waals surface area contributed by atoms with Crippen molar-refractivity contribution >= 4 is 29.1 Å². The van der Waals surface area contributed by atoms with Gasteiger partial charge in [0.2, 0.25) is 5.91 Å². The fourth-order valence-corrected chi connectivity index (χ4v) is 4.06. The van der Waals surface area contributed by atoms with Crippen LogP contribution in [0.25, 0.3) is 17.1 Å². The van der Waals surface area contributed by atoms with Crippen LogP contribution in [0, 0.1) is 6.92 Å². The Morgan fingerprint density at radius 3 is 2.44 bits per heavy atom. The van der Waals surface area contributed by atoms with E-state index in [1.165, 1.54) is 18.7 Å². The monoisotopic (exact) mass is 442 g/mol. The minimum atomic E-state index is -0.184. The van der Waals surface area contributed by atoms with E-state index < -0.39 is 0 Å². The van der Waals surface area contributed by atoms with Crippen molar-refractivity contribution in [3.05, 3.63) is 90.0 Å². The third-order valence-corrected chi connectivity index (χ3v) is 5.84. The number of nitrogens with zero attached hydrogens (tertiary/aromatic N) is 3. The van der Waals surface area contributed by atoms with E-state index in [9.17, 15) is 9.59 Å². The molecule has 0 fully saturated rings. The van der Waals surface area contributed by atoms with E-state index >= 15 is 0 Å². The van der Waals surface area contributed by atoms with Gasteiger partial charge in [-0.05, 0) is 37.6 Å². The van der Waals surface area contributed by atoms with Crippen molar-refractivity contribution in [1.82, 2.24) is 14.8 Å². The highest BCUT2D eigenvalue weighted by atomic mass is 32.2. The fraction of sp³-hybridized carbons (Fsp3) is 0.120. The van der Waals surface area contributed by atoms with E-state index in [-0.39, 0.29) is 17.4 Å². The lowest BCUT2D eigenvalue weighted by Crippen LogP contribution is -2.15. The summed E-state index contributed by atoms with van der Waals surface area (Å²) in [5, 5.41) is 12.3. The van der Waals surface area contributed by atoms with Gasteiger partial charge in [0.1, 0.15) is 0 Å². The third kappa shape index (κ3) is 4.78. The minimum absolute atomic E-state index is 0.0461. The molecule has 1 aromatic heterocycles. The number of rotatable bonds is 7. The molecule has 4 rings (SSSR count). The molecule has 0 saturated heterocycles. The van der Waals surface area contributed by atoms with Crippen molar-refractivity contribution in [2.45, 2.75) is 19.0 Å². The third-order valence-electron chi connectivity index (χ3n) is 4.91. The first-order chi connectivity index (χ1) is 15.5. The van der Waals surface area contributed by atoms with Gasteiger partial charge >= 0.3 is 0 Å². The molecule has 0 atom stereocenters. The van der Waals surface area contributed by atoms with Crippen molar-refractivity contribution in [1.29, 1.82) is 0 Å². The molecule has 0 unspecified atom stereocenters. The molecule has 0 radical (unpaired) electrons. The second-order valence-corrected chi connectivity index (χ2v) is 8.21. The van der Waals surface area contributed by atoms with Gasteiger partial charge in [-0.2, -0.15) is 0 Å². The predicted octanol–water partition coefficient (Wildman–Crippen LogP) is 5.18. The number of Topliss-reactive ketones (excluding diaryl/α,β-unsaturated/α-hetero) is 1. The maximum atomic E-state index is 12.6. The van der Waals surface area contributed by atoms with Crippen molar-refractivity contribution < 1.29 is 9.59 Å². The van der Waals surface area contributed by atoms with Crippen LogP contribution in [0.3, 0.4) is 0 Å². The number of thioether (sulfide) groups is 1. The van der Waals surface area contributed by atoms with Gasteiger partial charge in [-0.15, -0.1) is 10.2 Å². The molecule has 7 heteroatoms. The van der Waals surface area contributed by atoms with Crippen LogP contribution >= 0.6 is 11.8 Å². The number of anilines is 1. The number of aryl methyl sites for hydroxylation is 1. The number of nitrogens with one attached hydrogen (secondary N) is 1. The molecule has 0 aliphatic carbocycles. The number of benzene rings is 3. The number of carbonyl (C=O) groups excluding carboxylic acids is 2. The number of aromatic nitrogens is 3. The molecular weight excluding hydrogens is 420 g/mol. The van der Waals surface area contributed by atoms with Crippen LogP contribution in [-0.2, 0) is 4.79 Å². The summed E-state index contributed by atoms with van der Waals surface area (Å²) in [6.07, 6.45) is 0. The Morgan fingerprint density at radius 2 is 1.69 bits per heavy atom. The Hall–Kier alpha value is -3.71. The largest absolute Gasteiger partial charge is 0.325 e. The van der Waals surface area contributed by atoms with Crippen molar-refractivity contribution in [2.75, 3.05) is 11.1 Å². The number of ketones is 1. The number of para-hydroxylation sites is 1. The Balaban J connectivity index is 1.58. The Morgan fingerprint density at radius 1 is 0.938 bits per heavy atom. The number of hydrogen-bond acceptors (Lipinski definition) is 5. The first-order valence-corrected chi connectivity index (χ1v) is 11.1. The van der Waals surface area contributed by atoms with Crippen LogP contribution in [0.2, 0.25) is 0 Å². The van der Waals surface area contributed by atoms with Crippen LogP contribution < -0.4 is 5.32 Å². The van der Waals surface area contributed by atoms with Crippen molar-refractivity contribution in [3.63, 3.8) is 0 Å². The lowest BCUT2D eigenvalue weighted by atomic mass is 10.1. The molecule has 4 aromatic rings. The average Bonchev–Trinajstić information content (AvgIpc) is 3.22. The smallest absolute Gasteiger partial charge is 0.234 e. The van der Waals surface area contributed by atoms with Gasteiger partial charge in [0.05, 0.1) is 11.4 Å². The first kappa shape index (κ1) is 21.5. The van der Waals surface area contributed by atoms with Gasteiger partial charge in [0.25, 0.3) is 0 Å². The number of hydrogen-bond donors (Lipinski definition) is 1. The lowest BCUT2D eigenvalue weighted by Gasteiger charge is -2.13. The summed E-state index contributed by atoms with van der Waals surface area (Å²) in [6.45, 7) is 3.53. The van der Waals surface area contributed by atoms with E-state index in [4.69, 9.17) is 0 Å². The molecule has 32 heavy (non-hydrogen) atoms. The second kappa shape index (κ2) is 9.62. The zero-order valence-corrected chi connectivity index (χ0v) is 18.6. The standard InChI is InChI=1S/C25H22N4O2S/c1-17-9-6-7-14-22(17)29-24(19-10-4-3-5-11-19)27-28-25(29)32-16-23(31)26-21-13-8-12-20(15-21)18(2)30/h3-15H,16H2,1-2H3,(H,26,31). The zero-order valence-electron chi connectivity index (χ0n) is 17.8. The molecule has 0 bridgehead atoms. The maximum absolute atomic E-state index is 12.6. The normalized spacial score (nSPS) is 10.7. The molecule has 0 aliphatic rings. The van der Waals surface area contributed by atoms with E-state index in [1.807, 2.05) is 66.1 Å². The summed E-state index contributed by atoms with van der Waals surface area (Å²) >= 11 is 1.31. The van der Waals surface area contributed by atoms with Crippen LogP contribution in [0.15, 0.2) is 84.0 Å². The van der Waals surface area contributed by atoms with Gasteiger partial charge in [0.15, 0.2) is 16.8 Å². The number of carbonyl (C=O) groups is 2. The van der Waals surface area contributed by atoms with Crippen LogP contribution in [0.1, 0.15) is 22.8 Å². The van der Waals surface area contributed by atoms with Crippen LogP contribution in [0.4, 0.5) is 5.69 Å². The molecule has 1 amide bonds. The van der Waals surface area contributed by atoms with Crippen LogP contribution in [0.5, 0.6) is 0 Å². The highest BCUT2D eigenvalue weighted by Crippen LogP contribution is 2.29. The van der Waals surface area contributed by atoms with Gasteiger partial charge in [0, 0.05) is 16.8 Å². The highest BCUT2D eigenvalue weighted by Gasteiger charge is 2.18. The second-order valence-electron chi connectivity index (χ2n) is 7.27. The van der Waals surface area contributed by atoms with E-state index in [1.54, 1.807) is 24.3 Å². The van der Waals surface area contributed by atoms with Crippen molar-refractivity contribution in [2.24, 2.45) is 0 Å². The van der Waals surface area contributed by atoms with E-state index in [0.29, 0.717) is 16.4 Å². The Labute approximate surface area is 190 Å².